The number of ketones is 2. The second-order valence-electron chi connectivity index (χ2n) is 17.9. The molecule has 5 fully saturated rings. The summed E-state index contributed by atoms with van der Waals surface area (Å²) in [6, 6.07) is -0.572. The van der Waals surface area contributed by atoms with Crippen LogP contribution in [0.5, 0.6) is 0 Å². The number of carbonyl (C=O) groups excluding carboxylic acids is 4. The number of ether oxygens (including phenoxy) is 3. The van der Waals surface area contributed by atoms with Crippen LogP contribution in [0.25, 0.3) is 0 Å². The lowest BCUT2D eigenvalue weighted by molar-refractivity contribution is -0.699. The third-order valence-electron chi connectivity index (χ3n) is 14.6. The smallest absolute Gasteiger partial charge is 0.341 e. The van der Waals surface area contributed by atoms with Gasteiger partial charge in [0.2, 0.25) is 0 Å². The van der Waals surface area contributed by atoms with E-state index in [0.717, 1.165) is 17.1 Å². The molecule has 0 aromatic rings. The summed E-state index contributed by atoms with van der Waals surface area (Å²) in [4.78, 5) is 58.6. The number of fused-ring (bicyclic) bond motifs is 2. The molecule has 0 spiro atoms. The van der Waals surface area contributed by atoms with Crippen LogP contribution in [0.2, 0.25) is 0 Å². The number of imide groups is 1. The largest absolute Gasteiger partial charge is 0.396 e. The van der Waals surface area contributed by atoms with Crippen molar-refractivity contribution in [3.05, 3.63) is 12.2 Å². The van der Waals surface area contributed by atoms with E-state index >= 15 is 0 Å². The lowest BCUT2D eigenvalue weighted by Crippen LogP contribution is -2.94. The van der Waals surface area contributed by atoms with Gasteiger partial charge >= 0.3 is 5.96 Å². The van der Waals surface area contributed by atoms with Crippen LogP contribution >= 0.6 is 0 Å². The Balaban J connectivity index is 1.28. The molecule has 6 aliphatic rings. The van der Waals surface area contributed by atoms with E-state index in [1.807, 2.05) is 12.2 Å². The molecule has 19 atom stereocenters. The molecule has 3 heterocycles. The number of piperidine rings is 1. The quantitative estimate of drug-likeness (QED) is 0.0439. The molecule has 3 aliphatic carbocycles. The molecule has 19 unspecified atom stereocenters. The Kier molecular flexibility index (Phi) is 14.9. The predicted octanol–water partition coefficient (Wildman–Crippen LogP) is -7.24. The van der Waals surface area contributed by atoms with Crippen LogP contribution in [0.3, 0.4) is 0 Å². The molecule has 2 saturated heterocycles. The number of nitrogens with one attached hydrogen (secondary N) is 2. The van der Waals surface area contributed by atoms with E-state index in [0.29, 0.717) is 19.4 Å². The van der Waals surface area contributed by atoms with Crippen molar-refractivity contribution in [3.8, 4) is 0 Å². The summed E-state index contributed by atoms with van der Waals surface area (Å²) in [5.74, 6) is -8.76. The molecule has 0 aromatic heterocycles. The van der Waals surface area contributed by atoms with Crippen LogP contribution < -0.4 is 27.1 Å². The molecule has 3 aliphatic heterocycles. The summed E-state index contributed by atoms with van der Waals surface area (Å²) < 4.78 is 18.2. The highest BCUT2D eigenvalue weighted by Gasteiger charge is 2.64. The first-order chi connectivity index (χ1) is 28.5. The molecule has 338 valence electrons. The molecular formula is C40H66N6O14+2. The fourth-order valence-electron chi connectivity index (χ4n) is 11.6. The number of methoxy groups -OCH3 is 1. The maximum atomic E-state index is 14.9. The van der Waals surface area contributed by atoms with Crippen molar-refractivity contribution in [1.29, 1.82) is 0 Å². The Morgan fingerprint density at radius 1 is 1.02 bits per heavy atom. The van der Waals surface area contributed by atoms with Gasteiger partial charge in [-0.1, -0.05) is 6.92 Å². The summed E-state index contributed by atoms with van der Waals surface area (Å²) in [6.07, 6.45) is -7.59. The summed E-state index contributed by atoms with van der Waals surface area (Å²) in [5, 5.41) is 84.0. The van der Waals surface area contributed by atoms with E-state index in [1.165, 1.54) is 7.11 Å². The van der Waals surface area contributed by atoms with Gasteiger partial charge in [-0.2, -0.15) is 0 Å². The summed E-state index contributed by atoms with van der Waals surface area (Å²) >= 11 is 0. The van der Waals surface area contributed by atoms with Gasteiger partial charge in [-0.15, -0.1) is 0 Å². The van der Waals surface area contributed by atoms with E-state index in [2.05, 4.69) is 10.3 Å². The molecule has 20 nitrogen and oxygen atoms in total. The number of rotatable bonds is 14. The zero-order valence-corrected chi connectivity index (χ0v) is 34.5. The minimum absolute atomic E-state index is 0.0682. The van der Waals surface area contributed by atoms with Crippen LogP contribution in [0.4, 0.5) is 0 Å². The van der Waals surface area contributed by atoms with Crippen molar-refractivity contribution >= 4 is 29.3 Å². The molecule has 3 saturated carbocycles. The monoisotopic (exact) mass is 854 g/mol. The van der Waals surface area contributed by atoms with Gasteiger partial charge in [-0.05, 0) is 37.0 Å². The number of nitrogens with two attached hydrogens (primary N) is 3. The molecule has 2 amide bonds. The third kappa shape index (κ3) is 8.67. The first kappa shape index (κ1) is 46.5. The Hall–Kier alpha value is -2.99. The Morgan fingerprint density at radius 2 is 1.72 bits per heavy atom. The molecule has 15 N–H and O–H groups in total. The van der Waals surface area contributed by atoms with Crippen molar-refractivity contribution in [2.45, 2.75) is 106 Å². The summed E-state index contributed by atoms with van der Waals surface area (Å²) in [6.45, 7) is 0.775. The normalized spacial score (nSPS) is 43.5. The second kappa shape index (κ2) is 19.2. The SMILES string of the molecule is C[NH+]=C(N)NC(CCO)C1C(C)CC2C(=O)C3C(CO)C(OC)CC(OC4OC(CO)C(O)(CC(CN5C(=O)C=CC5=O)C5CC[NH2+]C(N)C5)C(O)C4O)C3C(=O)C2C1O. The number of guanidine groups is 1. The Bertz CT molecular complexity index is 1620. The third-order valence-corrected chi connectivity index (χ3v) is 14.6. The van der Waals surface area contributed by atoms with Gasteiger partial charge in [0.1, 0.15) is 41.6 Å². The number of carbonyl (C=O) groups is 4. The van der Waals surface area contributed by atoms with Crippen LogP contribution in [0, 0.1) is 53.3 Å². The molecular weight excluding hydrogens is 788 g/mol. The van der Waals surface area contributed by atoms with Gasteiger partial charge in [0, 0.05) is 82.0 Å². The summed E-state index contributed by atoms with van der Waals surface area (Å²) in [7, 11) is 3.00. The highest BCUT2D eigenvalue weighted by Crippen LogP contribution is 2.53. The number of Topliss-reactive ketones (excluding diaryl/α,β-unsaturated/α-hetero) is 2. The number of nitrogens with zero attached hydrogens (tertiary/aromatic N) is 1. The van der Waals surface area contributed by atoms with Crippen molar-refractivity contribution < 1.29 is 79.4 Å². The maximum Gasteiger partial charge on any atom is 0.341 e. The first-order valence-corrected chi connectivity index (χ1v) is 21.2. The van der Waals surface area contributed by atoms with E-state index in [4.69, 9.17) is 25.7 Å². The minimum Gasteiger partial charge on any atom is -0.396 e. The van der Waals surface area contributed by atoms with Gasteiger partial charge in [0.25, 0.3) is 11.8 Å². The van der Waals surface area contributed by atoms with Crippen molar-refractivity contribution in [2.24, 2.45) is 64.7 Å². The van der Waals surface area contributed by atoms with Crippen molar-refractivity contribution in [2.75, 3.05) is 47.1 Å². The molecule has 0 radical (unpaired) electrons. The van der Waals surface area contributed by atoms with E-state index in [-0.39, 0.29) is 68.6 Å². The van der Waals surface area contributed by atoms with Gasteiger partial charge in [-0.3, -0.25) is 45.9 Å². The van der Waals surface area contributed by atoms with Gasteiger partial charge < -0.3 is 55.3 Å². The number of hydrogen-bond donors (Lipinski definition) is 12. The molecule has 6 rings (SSSR count). The lowest BCUT2D eigenvalue weighted by atomic mass is 9.51. The molecule has 20 heteroatoms. The Morgan fingerprint density at radius 3 is 2.32 bits per heavy atom. The van der Waals surface area contributed by atoms with Gasteiger partial charge in [0.15, 0.2) is 6.29 Å². The maximum absolute atomic E-state index is 14.9. The lowest BCUT2D eigenvalue weighted by Gasteiger charge is -2.55. The zero-order valence-electron chi connectivity index (χ0n) is 34.5. The topological polar surface area (TPSA) is 335 Å². The van der Waals surface area contributed by atoms with Crippen molar-refractivity contribution in [1.82, 2.24) is 10.2 Å². The van der Waals surface area contributed by atoms with Crippen molar-refractivity contribution in [3.63, 3.8) is 0 Å². The van der Waals surface area contributed by atoms with Crippen LogP contribution in [-0.2, 0) is 33.4 Å². The van der Waals surface area contributed by atoms with Crippen LogP contribution in [0.15, 0.2) is 12.2 Å². The number of quaternary nitrogens is 1. The van der Waals surface area contributed by atoms with E-state index < -0.39 is 127 Å². The highest BCUT2D eigenvalue weighted by molar-refractivity contribution is 6.12. The van der Waals surface area contributed by atoms with Gasteiger partial charge in [-0.25, -0.2) is 0 Å². The van der Waals surface area contributed by atoms with E-state index in [9.17, 15) is 54.9 Å². The predicted molar refractivity (Wildman–Crippen MR) is 207 cm³/mol. The standard InChI is InChI=1S/C40H64N6O14/c1-17-10-20-31(34(53)29(17)22(7-9-47)45-39(42)43-2)35(54)32-24(12-23(58-3)21(15-48)30(32)33(20)52)59-38-36(55)37(56)40(57,25(16-49)60-38)13-19(18-6-8-44-26(41)11-18)14-46-27(50)4-5-28(46)51/h4-5,17-26,29-32,34,36-38,44,47-49,53,55-57H,6-16,41H2,1-3H3,(H3,42,43,45)/p+2. The first-order valence-electron chi connectivity index (χ1n) is 21.2. The average Bonchev–Trinajstić information content (AvgIpc) is 3.54. The van der Waals surface area contributed by atoms with Crippen LogP contribution in [-0.4, -0.2) is 178 Å². The fourth-order valence-corrected chi connectivity index (χ4v) is 11.6. The zero-order chi connectivity index (χ0) is 43.8. The molecule has 0 bridgehead atoms. The number of aliphatic hydroxyl groups is 7. The number of amides is 2. The second-order valence-corrected chi connectivity index (χ2v) is 17.9. The van der Waals surface area contributed by atoms with Crippen LogP contribution in [0.1, 0.15) is 45.4 Å². The summed E-state index contributed by atoms with van der Waals surface area (Å²) in [5.41, 5.74) is 9.97. The number of hydrogen-bond acceptors (Lipinski definition) is 15. The number of aliphatic hydroxyl groups excluding tert-OH is 6. The average molecular weight is 855 g/mol. The highest BCUT2D eigenvalue weighted by atomic mass is 16.7. The molecule has 0 aromatic carbocycles. The Labute approximate surface area is 348 Å². The van der Waals surface area contributed by atoms with Gasteiger partial charge in [0.05, 0.1) is 56.4 Å². The minimum atomic E-state index is -2.33. The van der Waals surface area contributed by atoms with E-state index in [1.54, 1.807) is 7.05 Å². The fraction of sp³-hybridized carbons (Fsp3) is 0.825. The molecule has 60 heavy (non-hydrogen) atoms.